The summed E-state index contributed by atoms with van der Waals surface area (Å²) >= 11 is 6.04. The van der Waals surface area contributed by atoms with Crippen molar-refractivity contribution in [3.63, 3.8) is 0 Å². The van der Waals surface area contributed by atoms with E-state index in [9.17, 15) is 8.42 Å². The number of halogens is 1. The van der Waals surface area contributed by atoms with Crippen molar-refractivity contribution in [1.82, 2.24) is 0 Å². The molecule has 0 amide bonds. The smallest absolute Gasteiger partial charge is 0.158 e. The molecular formula is C16H18ClNO2S. The summed E-state index contributed by atoms with van der Waals surface area (Å²) in [6.07, 6.45) is 0. The first kappa shape index (κ1) is 15.9. The number of nitrogens with two attached hydrogens (primary N) is 1. The Hall–Kier alpha value is -1.52. The number of benzene rings is 2. The first-order valence-corrected chi connectivity index (χ1v) is 8.76. The molecule has 3 nitrogen and oxygen atoms in total. The number of hydrogen-bond acceptors (Lipinski definition) is 3. The number of anilines is 1. The fraction of sp³-hybridized carbons (Fsp3) is 0.250. The Labute approximate surface area is 130 Å². The van der Waals surface area contributed by atoms with Crippen LogP contribution in [0.15, 0.2) is 36.4 Å². The second kappa shape index (κ2) is 6.08. The van der Waals surface area contributed by atoms with Gasteiger partial charge in [-0.2, -0.15) is 0 Å². The molecule has 2 N–H and O–H groups in total. The first-order chi connectivity index (χ1) is 9.75. The summed E-state index contributed by atoms with van der Waals surface area (Å²) in [5, 5.41) is 0.424. The second-order valence-electron chi connectivity index (χ2n) is 5.38. The SMILES string of the molecule is Cc1cc(C)cc(CS(=O)(=O)Cc2cc(N)ccc2Cl)c1. The predicted molar refractivity (Wildman–Crippen MR) is 88.1 cm³/mol. The summed E-state index contributed by atoms with van der Waals surface area (Å²) < 4.78 is 24.7. The zero-order chi connectivity index (χ0) is 15.6. The van der Waals surface area contributed by atoms with Gasteiger partial charge in [0, 0.05) is 10.7 Å². The van der Waals surface area contributed by atoms with Gasteiger partial charge in [-0.25, -0.2) is 8.42 Å². The molecule has 5 heteroatoms. The molecule has 0 fully saturated rings. The van der Waals surface area contributed by atoms with Crippen molar-refractivity contribution < 1.29 is 8.42 Å². The van der Waals surface area contributed by atoms with E-state index in [1.807, 2.05) is 32.0 Å². The van der Waals surface area contributed by atoms with E-state index in [-0.39, 0.29) is 11.5 Å². The summed E-state index contributed by atoms with van der Waals surface area (Å²) in [4.78, 5) is 0. The van der Waals surface area contributed by atoms with Gasteiger partial charge in [-0.05, 0) is 43.2 Å². The van der Waals surface area contributed by atoms with Gasteiger partial charge in [-0.1, -0.05) is 40.9 Å². The minimum absolute atomic E-state index is 0.000643. The van der Waals surface area contributed by atoms with E-state index in [4.69, 9.17) is 17.3 Å². The molecule has 0 radical (unpaired) electrons. The van der Waals surface area contributed by atoms with Crippen molar-refractivity contribution in [2.75, 3.05) is 5.73 Å². The molecule has 0 atom stereocenters. The van der Waals surface area contributed by atoms with E-state index in [0.29, 0.717) is 16.3 Å². The van der Waals surface area contributed by atoms with Crippen LogP contribution in [0.1, 0.15) is 22.3 Å². The fourth-order valence-corrected chi connectivity index (χ4v) is 4.15. The van der Waals surface area contributed by atoms with Gasteiger partial charge in [0.05, 0.1) is 11.5 Å². The van der Waals surface area contributed by atoms with Crippen molar-refractivity contribution >= 4 is 27.1 Å². The minimum Gasteiger partial charge on any atom is -0.399 e. The van der Waals surface area contributed by atoms with Crippen molar-refractivity contribution in [3.8, 4) is 0 Å². The average Bonchev–Trinajstić information content (AvgIpc) is 2.31. The highest BCUT2D eigenvalue weighted by Crippen LogP contribution is 2.23. The van der Waals surface area contributed by atoms with Crippen LogP contribution in [0.4, 0.5) is 5.69 Å². The number of aryl methyl sites for hydroxylation is 2. The van der Waals surface area contributed by atoms with Gasteiger partial charge in [0.15, 0.2) is 9.84 Å². The van der Waals surface area contributed by atoms with E-state index in [1.54, 1.807) is 18.2 Å². The molecule has 0 saturated heterocycles. The maximum Gasteiger partial charge on any atom is 0.158 e. The van der Waals surface area contributed by atoms with E-state index >= 15 is 0 Å². The monoisotopic (exact) mass is 323 g/mol. The maximum absolute atomic E-state index is 12.4. The van der Waals surface area contributed by atoms with Crippen LogP contribution in [0.2, 0.25) is 5.02 Å². The van der Waals surface area contributed by atoms with Crippen LogP contribution in [0.25, 0.3) is 0 Å². The molecule has 0 aromatic heterocycles. The highest BCUT2D eigenvalue weighted by molar-refractivity contribution is 7.89. The van der Waals surface area contributed by atoms with E-state index in [2.05, 4.69) is 0 Å². The second-order valence-corrected chi connectivity index (χ2v) is 7.85. The Morgan fingerprint density at radius 1 is 1.00 bits per heavy atom. The zero-order valence-electron chi connectivity index (χ0n) is 12.1. The Morgan fingerprint density at radius 3 is 2.24 bits per heavy atom. The van der Waals surface area contributed by atoms with Crippen LogP contribution in [0, 0.1) is 13.8 Å². The van der Waals surface area contributed by atoms with Gasteiger partial charge in [0.1, 0.15) is 0 Å². The summed E-state index contributed by atoms with van der Waals surface area (Å²) in [6.45, 7) is 3.91. The summed E-state index contributed by atoms with van der Waals surface area (Å²) in [6, 6.07) is 10.7. The maximum atomic E-state index is 12.4. The van der Waals surface area contributed by atoms with Crippen LogP contribution in [0.5, 0.6) is 0 Å². The molecule has 0 saturated carbocycles. The number of sulfone groups is 1. The van der Waals surface area contributed by atoms with E-state index < -0.39 is 9.84 Å². The van der Waals surface area contributed by atoms with Crippen LogP contribution >= 0.6 is 11.6 Å². The molecule has 2 rings (SSSR count). The average molecular weight is 324 g/mol. The van der Waals surface area contributed by atoms with Crippen molar-refractivity contribution in [2.45, 2.75) is 25.4 Å². The highest BCUT2D eigenvalue weighted by atomic mass is 35.5. The molecule has 2 aromatic carbocycles. The third kappa shape index (κ3) is 4.48. The van der Waals surface area contributed by atoms with Crippen molar-refractivity contribution in [1.29, 1.82) is 0 Å². The van der Waals surface area contributed by atoms with Gasteiger partial charge < -0.3 is 5.73 Å². The lowest BCUT2D eigenvalue weighted by Crippen LogP contribution is -2.08. The number of rotatable bonds is 4. The molecule has 21 heavy (non-hydrogen) atoms. The minimum atomic E-state index is -3.30. The Balaban J connectivity index is 2.24. The van der Waals surface area contributed by atoms with Gasteiger partial charge in [-0.3, -0.25) is 0 Å². The molecule has 112 valence electrons. The summed E-state index contributed by atoms with van der Waals surface area (Å²) in [7, 11) is -3.30. The molecule has 0 aliphatic carbocycles. The van der Waals surface area contributed by atoms with Gasteiger partial charge in [-0.15, -0.1) is 0 Å². The highest BCUT2D eigenvalue weighted by Gasteiger charge is 2.16. The van der Waals surface area contributed by atoms with Crippen molar-refractivity contribution in [3.05, 3.63) is 63.7 Å². The lowest BCUT2D eigenvalue weighted by Gasteiger charge is -2.09. The van der Waals surface area contributed by atoms with Crippen LogP contribution in [0.3, 0.4) is 0 Å². The van der Waals surface area contributed by atoms with E-state index in [0.717, 1.165) is 16.7 Å². The third-order valence-corrected chi connectivity index (χ3v) is 5.01. The predicted octanol–water partition coefficient (Wildman–Crippen LogP) is 3.65. The Bertz CT molecular complexity index is 750. The first-order valence-electron chi connectivity index (χ1n) is 6.57. The molecule has 2 aromatic rings. The van der Waals surface area contributed by atoms with Crippen LogP contribution < -0.4 is 5.73 Å². The van der Waals surface area contributed by atoms with Gasteiger partial charge in [0.25, 0.3) is 0 Å². The molecule has 0 heterocycles. The third-order valence-electron chi connectivity index (χ3n) is 3.11. The number of nitrogen functional groups attached to an aromatic ring is 1. The summed E-state index contributed by atoms with van der Waals surface area (Å²) in [5.41, 5.74) is 9.65. The standard InChI is InChI=1S/C16H18ClNO2S/c1-11-5-12(2)7-13(6-11)9-21(19,20)10-14-8-15(18)3-4-16(14)17/h3-8H,9-10,18H2,1-2H3. The molecule has 0 spiro atoms. The Morgan fingerprint density at radius 2 is 1.62 bits per heavy atom. The van der Waals surface area contributed by atoms with Gasteiger partial charge >= 0.3 is 0 Å². The van der Waals surface area contributed by atoms with Crippen LogP contribution in [-0.2, 0) is 21.3 Å². The largest absolute Gasteiger partial charge is 0.399 e. The molecule has 0 aliphatic heterocycles. The summed E-state index contributed by atoms with van der Waals surface area (Å²) in [5.74, 6) is -0.107. The molecule has 0 aliphatic rings. The Kier molecular flexibility index (Phi) is 4.59. The molecule has 0 unspecified atom stereocenters. The number of hydrogen-bond donors (Lipinski definition) is 1. The lowest BCUT2D eigenvalue weighted by molar-refractivity contribution is 0.594. The van der Waals surface area contributed by atoms with E-state index in [1.165, 1.54) is 0 Å². The van der Waals surface area contributed by atoms with Crippen molar-refractivity contribution in [2.24, 2.45) is 0 Å². The zero-order valence-corrected chi connectivity index (χ0v) is 13.6. The normalized spacial score (nSPS) is 11.6. The van der Waals surface area contributed by atoms with Gasteiger partial charge in [0.2, 0.25) is 0 Å². The van der Waals surface area contributed by atoms with Crippen LogP contribution in [-0.4, -0.2) is 8.42 Å². The quantitative estimate of drug-likeness (QED) is 0.874. The molecule has 0 bridgehead atoms. The lowest BCUT2D eigenvalue weighted by atomic mass is 10.1. The molecular weight excluding hydrogens is 306 g/mol. The topological polar surface area (TPSA) is 60.2 Å². The fourth-order valence-electron chi connectivity index (χ4n) is 2.40.